The van der Waals surface area contributed by atoms with Crippen LogP contribution in [0.3, 0.4) is 0 Å². The maximum absolute atomic E-state index is 12.0. The molecule has 0 radical (unpaired) electrons. The van der Waals surface area contributed by atoms with Gasteiger partial charge >= 0.3 is 6.09 Å². The highest BCUT2D eigenvalue weighted by molar-refractivity contribution is 6.34. The zero-order chi connectivity index (χ0) is 12.5. The number of cyclic esters (lactones) is 1. The van der Waals surface area contributed by atoms with Crippen molar-refractivity contribution in [3.05, 3.63) is 28.8 Å². The number of hydrogen-bond acceptors (Lipinski definition) is 3. The van der Waals surface area contributed by atoms with Crippen LogP contribution in [0.5, 0.6) is 0 Å². The van der Waals surface area contributed by atoms with E-state index < -0.39 is 0 Å². The van der Waals surface area contributed by atoms with Gasteiger partial charge < -0.3 is 10.1 Å². The molecule has 1 aromatic rings. The van der Waals surface area contributed by atoms with Crippen molar-refractivity contribution in [2.75, 3.05) is 18.0 Å². The number of halogens is 1. The number of piperidine rings is 1. The molecule has 18 heavy (non-hydrogen) atoms. The van der Waals surface area contributed by atoms with Crippen LogP contribution in [0.2, 0.25) is 5.02 Å². The highest BCUT2D eigenvalue weighted by atomic mass is 35.5. The first-order valence-corrected chi connectivity index (χ1v) is 6.59. The van der Waals surface area contributed by atoms with Crippen LogP contribution >= 0.6 is 11.6 Å². The van der Waals surface area contributed by atoms with Gasteiger partial charge in [-0.05, 0) is 32.0 Å². The summed E-state index contributed by atoms with van der Waals surface area (Å²) in [4.78, 5) is 13.8. The Morgan fingerprint density at radius 2 is 2.11 bits per heavy atom. The Balaban J connectivity index is 2.00. The molecule has 0 bridgehead atoms. The van der Waals surface area contributed by atoms with Gasteiger partial charge in [-0.3, -0.25) is 4.90 Å². The molecular formula is C13H15ClN2O2. The summed E-state index contributed by atoms with van der Waals surface area (Å²) in [6.45, 7) is 2.17. The molecule has 0 spiro atoms. The Labute approximate surface area is 111 Å². The summed E-state index contributed by atoms with van der Waals surface area (Å²) in [6, 6.07) is 5.85. The summed E-state index contributed by atoms with van der Waals surface area (Å²) in [6.07, 6.45) is 1.59. The van der Waals surface area contributed by atoms with Crippen LogP contribution in [0.1, 0.15) is 18.4 Å². The standard InChI is InChI=1S/C13H15ClN2O2/c14-11-3-1-2-9-8-18-13(17)16(12(9)11)10-4-6-15-7-5-10/h1-3,10,15H,4-8H2. The smallest absolute Gasteiger partial charge is 0.414 e. The van der Waals surface area contributed by atoms with E-state index in [-0.39, 0.29) is 12.1 Å². The van der Waals surface area contributed by atoms with E-state index in [1.54, 1.807) is 4.90 Å². The molecule has 96 valence electrons. The largest absolute Gasteiger partial charge is 0.444 e. The molecule has 1 aromatic carbocycles. The number of carbonyl (C=O) groups is 1. The van der Waals surface area contributed by atoms with Crippen molar-refractivity contribution in [2.24, 2.45) is 0 Å². The van der Waals surface area contributed by atoms with Crippen molar-refractivity contribution in [3.63, 3.8) is 0 Å². The third-order valence-corrected chi connectivity index (χ3v) is 3.84. The average molecular weight is 267 g/mol. The fourth-order valence-electron chi connectivity index (χ4n) is 2.64. The fraction of sp³-hybridized carbons (Fsp3) is 0.462. The van der Waals surface area contributed by atoms with Crippen molar-refractivity contribution in [1.82, 2.24) is 5.32 Å². The summed E-state index contributed by atoms with van der Waals surface area (Å²) < 4.78 is 5.23. The van der Waals surface area contributed by atoms with Gasteiger partial charge in [0.05, 0.1) is 10.7 Å². The number of para-hydroxylation sites is 1. The lowest BCUT2D eigenvalue weighted by molar-refractivity contribution is 0.137. The highest BCUT2D eigenvalue weighted by Crippen LogP contribution is 2.36. The van der Waals surface area contributed by atoms with Crippen LogP contribution in [0, 0.1) is 0 Å². The maximum atomic E-state index is 12.0. The Morgan fingerprint density at radius 1 is 1.33 bits per heavy atom. The molecule has 0 aliphatic carbocycles. The Hall–Kier alpha value is -1.26. The topological polar surface area (TPSA) is 41.6 Å². The first kappa shape index (κ1) is 11.8. The van der Waals surface area contributed by atoms with E-state index in [9.17, 15) is 4.79 Å². The molecule has 1 fully saturated rings. The number of hydrogen-bond donors (Lipinski definition) is 1. The fourth-order valence-corrected chi connectivity index (χ4v) is 2.93. The van der Waals surface area contributed by atoms with Gasteiger partial charge in [-0.1, -0.05) is 23.7 Å². The van der Waals surface area contributed by atoms with Crippen LogP contribution in [-0.4, -0.2) is 25.2 Å². The number of rotatable bonds is 1. The summed E-state index contributed by atoms with van der Waals surface area (Å²) >= 11 is 6.26. The molecule has 5 heteroatoms. The molecule has 0 saturated carbocycles. The summed E-state index contributed by atoms with van der Waals surface area (Å²) in [7, 11) is 0. The van der Waals surface area contributed by atoms with E-state index in [1.165, 1.54) is 0 Å². The van der Waals surface area contributed by atoms with Gasteiger partial charge in [0.25, 0.3) is 0 Å². The first-order valence-electron chi connectivity index (χ1n) is 6.21. The molecule has 0 aromatic heterocycles. The molecule has 0 atom stereocenters. The molecule has 2 aliphatic rings. The number of benzene rings is 1. The molecule has 2 aliphatic heterocycles. The Morgan fingerprint density at radius 3 is 2.89 bits per heavy atom. The van der Waals surface area contributed by atoms with Crippen molar-refractivity contribution < 1.29 is 9.53 Å². The Kier molecular flexibility index (Phi) is 3.14. The SMILES string of the molecule is O=C1OCc2cccc(Cl)c2N1C1CCNCC1. The third kappa shape index (κ3) is 1.95. The second-order valence-corrected chi connectivity index (χ2v) is 5.06. The third-order valence-electron chi connectivity index (χ3n) is 3.53. The van der Waals surface area contributed by atoms with Crippen molar-refractivity contribution in [2.45, 2.75) is 25.5 Å². The predicted octanol–water partition coefficient (Wildman–Crippen LogP) is 2.55. The van der Waals surface area contributed by atoms with E-state index in [4.69, 9.17) is 16.3 Å². The number of amides is 1. The van der Waals surface area contributed by atoms with Crippen LogP contribution in [0.4, 0.5) is 10.5 Å². The number of ether oxygens (including phenoxy) is 1. The van der Waals surface area contributed by atoms with E-state index in [1.807, 2.05) is 18.2 Å². The predicted molar refractivity (Wildman–Crippen MR) is 70.0 cm³/mol. The van der Waals surface area contributed by atoms with Gasteiger partial charge in [0.2, 0.25) is 0 Å². The van der Waals surface area contributed by atoms with E-state index in [0.29, 0.717) is 11.6 Å². The monoisotopic (exact) mass is 266 g/mol. The maximum Gasteiger partial charge on any atom is 0.414 e. The zero-order valence-corrected chi connectivity index (χ0v) is 10.7. The van der Waals surface area contributed by atoms with Crippen LogP contribution in [0.25, 0.3) is 0 Å². The number of fused-ring (bicyclic) bond motifs is 1. The zero-order valence-electron chi connectivity index (χ0n) is 9.99. The van der Waals surface area contributed by atoms with Gasteiger partial charge in [0.15, 0.2) is 0 Å². The van der Waals surface area contributed by atoms with Gasteiger partial charge in [-0.2, -0.15) is 0 Å². The van der Waals surface area contributed by atoms with Gasteiger partial charge in [-0.15, -0.1) is 0 Å². The van der Waals surface area contributed by atoms with Crippen LogP contribution < -0.4 is 10.2 Å². The number of nitrogens with zero attached hydrogens (tertiary/aromatic N) is 1. The lowest BCUT2D eigenvalue weighted by Gasteiger charge is -2.37. The normalized spacial score (nSPS) is 20.5. The first-order chi connectivity index (χ1) is 8.77. The second-order valence-electron chi connectivity index (χ2n) is 4.65. The quantitative estimate of drug-likeness (QED) is 0.849. The minimum absolute atomic E-state index is 0.178. The van der Waals surface area contributed by atoms with E-state index in [2.05, 4.69) is 5.32 Å². The van der Waals surface area contributed by atoms with E-state index >= 15 is 0 Å². The molecule has 0 unspecified atom stereocenters. The summed E-state index contributed by atoms with van der Waals surface area (Å²) in [5.41, 5.74) is 1.82. The lowest BCUT2D eigenvalue weighted by Crippen LogP contribution is -2.48. The minimum Gasteiger partial charge on any atom is -0.444 e. The highest BCUT2D eigenvalue weighted by Gasteiger charge is 2.34. The van der Waals surface area contributed by atoms with Crippen LogP contribution in [0.15, 0.2) is 18.2 Å². The molecule has 3 rings (SSSR count). The van der Waals surface area contributed by atoms with Gasteiger partial charge in [0.1, 0.15) is 6.61 Å². The number of nitrogens with one attached hydrogen (secondary N) is 1. The van der Waals surface area contributed by atoms with Gasteiger partial charge in [-0.25, -0.2) is 4.79 Å². The summed E-state index contributed by atoms with van der Waals surface area (Å²) in [5, 5.41) is 3.92. The summed E-state index contributed by atoms with van der Waals surface area (Å²) in [5.74, 6) is 0. The van der Waals surface area contributed by atoms with Crippen LogP contribution in [-0.2, 0) is 11.3 Å². The molecular weight excluding hydrogens is 252 g/mol. The molecule has 1 N–H and O–H groups in total. The van der Waals surface area contributed by atoms with Crippen molar-refractivity contribution in [3.8, 4) is 0 Å². The lowest BCUT2D eigenvalue weighted by atomic mass is 10.0. The molecule has 2 heterocycles. The molecule has 4 nitrogen and oxygen atoms in total. The van der Waals surface area contributed by atoms with Crippen molar-refractivity contribution >= 4 is 23.4 Å². The molecule has 1 saturated heterocycles. The van der Waals surface area contributed by atoms with Crippen molar-refractivity contribution in [1.29, 1.82) is 0 Å². The van der Waals surface area contributed by atoms with Gasteiger partial charge in [0, 0.05) is 11.6 Å². The number of carbonyl (C=O) groups excluding carboxylic acids is 1. The van der Waals surface area contributed by atoms with E-state index in [0.717, 1.165) is 37.2 Å². The molecule has 1 amide bonds. The number of anilines is 1. The Bertz CT molecular complexity index is 472. The second kappa shape index (κ2) is 4.78. The minimum atomic E-state index is -0.275. The average Bonchev–Trinajstić information content (AvgIpc) is 2.40.